The van der Waals surface area contributed by atoms with Crippen molar-refractivity contribution in [3.8, 4) is 0 Å². The van der Waals surface area contributed by atoms with E-state index in [9.17, 15) is 0 Å². The van der Waals surface area contributed by atoms with Crippen LogP contribution in [0.4, 0.5) is 0 Å². The van der Waals surface area contributed by atoms with Crippen LogP contribution in [-0.2, 0) is 4.74 Å². The number of rotatable bonds is 2. The minimum atomic E-state index is -1.48. The quantitative estimate of drug-likeness (QED) is 0.438. The van der Waals surface area contributed by atoms with Crippen molar-refractivity contribution in [1.29, 1.82) is 0 Å². The summed E-state index contributed by atoms with van der Waals surface area (Å²) >= 11 is 5.17. The van der Waals surface area contributed by atoms with Crippen molar-refractivity contribution in [2.45, 2.75) is 19.1 Å². The lowest BCUT2D eigenvalue weighted by Crippen LogP contribution is -2.19. The van der Waals surface area contributed by atoms with Gasteiger partial charge >= 0.3 is 0 Å². The van der Waals surface area contributed by atoms with Crippen molar-refractivity contribution in [2.24, 2.45) is 0 Å². The van der Waals surface area contributed by atoms with Gasteiger partial charge in [-0.15, -0.1) is 0 Å². The molecule has 0 aliphatic carbocycles. The lowest BCUT2D eigenvalue weighted by molar-refractivity contribution is -0.119. The molecule has 3 heteroatoms. The molecule has 0 amide bonds. The van der Waals surface area contributed by atoms with E-state index in [2.05, 4.69) is 4.74 Å². The molecule has 0 rings (SSSR count). The summed E-state index contributed by atoms with van der Waals surface area (Å²) in [4.78, 5) is 0. The molecule has 0 bridgehead atoms. The van der Waals surface area contributed by atoms with E-state index in [1.165, 1.54) is 6.92 Å². The van der Waals surface area contributed by atoms with Gasteiger partial charge in [-0.05, 0) is 6.92 Å². The van der Waals surface area contributed by atoms with Crippen LogP contribution in [0.5, 0.6) is 0 Å². The van der Waals surface area contributed by atoms with Crippen LogP contribution < -0.4 is 0 Å². The zero-order valence-corrected chi connectivity index (χ0v) is 5.20. The van der Waals surface area contributed by atoms with Crippen LogP contribution in [-0.4, -0.2) is 17.0 Å². The Morgan fingerprint density at radius 2 is 2.29 bits per heavy atom. The normalized spacial score (nSPS) is 18.9. The molecule has 0 saturated heterocycles. The smallest absolute Gasteiger partial charge is 0.242 e. The van der Waals surface area contributed by atoms with E-state index in [-0.39, 0.29) is 0 Å². The maximum absolute atomic E-state index is 8.56. The molecule has 0 fully saturated rings. The molecule has 1 unspecified atom stereocenters. The molecule has 0 spiro atoms. The van der Waals surface area contributed by atoms with Crippen LogP contribution in [0.1, 0.15) is 13.8 Å². The first-order valence-corrected chi connectivity index (χ1v) is 2.49. The third-order valence-corrected chi connectivity index (χ3v) is 0.517. The Morgan fingerprint density at radius 3 is 2.29 bits per heavy atom. The fraction of sp³-hybridized carbons (Fsp3) is 1.00. The average Bonchev–Trinajstić information content (AvgIpc) is 1.30. The average molecular weight is 125 g/mol. The molecule has 0 saturated carbocycles. The van der Waals surface area contributed by atoms with E-state index in [1.54, 1.807) is 6.92 Å². The lowest BCUT2D eigenvalue weighted by Gasteiger charge is -2.12. The highest BCUT2D eigenvalue weighted by atomic mass is 35.5. The largest absolute Gasteiger partial charge is 0.353 e. The first kappa shape index (κ1) is 7.21. The van der Waals surface area contributed by atoms with Gasteiger partial charge in [-0.25, -0.2) is 0 Å². The number of halogens is 1. The molecule has 0 aliphatic heterocycles. The van der Waals surface area contributed by atoms with Crippen LogP contribution >= 0.6 is 11.6 Å². The molecule has 0 radical (unpaired) electrons. The predicted molar refractivity (Wildman–Crippen MR) is 28.1 cm³/mol. The maximum atomic E-state index is 8.56. The summed E-state index contributed by atoms with van der Waals surface area (Å²) < 4.78 is 4.55. The predicted octanol–water partition coefficient (Wildman–Crippen LogP) is 0.928. The molecular formula is C4H9ClO2. The van der Waals surface area contributed by atoms with Crippen molar-refractivity contribution in [3.05, 3.63) is 0 Å². The standard InChI is InChI=1S/C4H9ClO2/c1-3-7-4(2,5)6/h6H,3H2,1-2H3. The Balaban J connectivity index is 3.15. The summed E-state index contributed by atoms with van der Waals surface area (Å²) in [6.45, 7) is 3.56. The van der Waals surface area contributed by atoms with Crippen molar-refractivity contribution < 1.29 is 9.84 Å². The van der Waals surface area contributed by atoms with Gasteiger partial charge in [-0.1, -0.05) is 11.6 Å². The summed E-state index contributed by atoms with van der Waals surface area (Å²) in [5.41, 5.74) is 0. The summed E-state index contributed by atoms with van der Waals surface area (Å²) in [5.74, 6) is 0. The second kappa shape index (κ2) is 2.50. The molecular weight excluding hydrogens is 115 g/mol. The molecule has 1 atom stereocenters. The van der Waals surface area contributed by atoms with E-state index < -0.39 is 5.25 Å². The van der Waals surface area contributed by atoms with Gasteiger partial charge in [0.15, 0.2) is 0 Å². The summed E-state index contributed by atoms with van der Waals surface area (Å²) in [6.07, 6.45) is 0. The summed E-state index contributed by atoms with van der Waals surface area (Å²) in [5, 5.41) is 7.08. The van der Waals surface area contributed by atoms with Crippen LogP contribution in [0, 0.1) is 0 Å². The van der Waals surface area contributed by atoms with Crippen molar-refractivity contribution >= 4 is 11.6 Å². The highest BCUT2D eigenvalue weighted by molar-refractivity contribution is 6.21. The molecule has 0 heterocycles. The Morgan fingerprint density at radius 1 is 1.86 bits per heavy atom. The monoisotopic (exact) mass is 124 g/mol. The Bertz CT molecular complexity index is 48.1. The van der Waals surface area contributed by atoms with Crippen LogP contribution in [0.25, 0.3) is 0 Å². The highest BCUT2D eigenvalue weighted by Crippen LogP contribution is 2.08. The van der Waals surface area contributed by atoms with E-state index in [0.29, 0.717) is 6.61 Å². The topological polar surface area (TPSA) is 29.5 Å². The molecule has 7 heavy (non-hydrogen) atoms. The van der Waals surface area contributed by atoms with E-state index in [4.69, 9.17) is 16.7 Å². The molecule has 0 aromatic heterocycles. The molecule has 0 aromatic rings. The number of hydrogen-bond donors (Lipinski definition) is 1. The number of hydrogen-bond acceptors (Lipinski definition) is 2. The van der Waals surface area contributed by atoms with Crippen LogP contribution in [0.2, 0.25) is 0 Å². The van der Waals surface area contributed by atoms with Gasteiger partial charge in [-0.3, -0.25) is 0 Å². The SMILES string of the molecule is CCOC(C)(O)Cl. The van der Waals surface area contributed by atoms with Crippen LogP contribution in [0.15, 0.2) is 0 Å². The molecule has 2 nitrogen and oxygen atoms in total. The van der Waals surface area contributed by atoms with Gasteiger partial charge in [0.25, 0.3) is 0 Å². The van der Waals surface area contributed by atoms with Gasteiger partial charge in [0, 0.05) is 13.5 Å². The van der Waals surface area contributed by atoms with E-state index in [1.807, 2.05) is 0 Å². The maximum Gasteiger partial charge on any atom is 0.242 e. The molecule has 1 N–H and O–H groups in total. The zero-order valence-electron chi connectivity index (χ0n) is 4.44. The molecule has 0 aliphatic rings. The molecule has 0 aromatic carbocycles. The minimum absolute atomic E-state index is 0.427. The fourth-order valence-corrected chi connectivity index (χ4v) is 0.373. The van der Waals surface area contributed by atoms with Gasteiger partial charge in [0.05, 0.1) is 0 Å². The van der Waals surface area contributed by atoms with Gasteiger partial charge < -0.3 is 9.84 Å². The third-order valence-electron chi connectivity index (χ3n) is 0.408. The number of ether oxygens (including phenoxy) is 1. The summed E-state index contributed by atoms with van der Waals surface area (Å²) in [7, 11) is 0. The van der Waals surface area contributed by atoms with E-state index in [0.717, 1.165) is 0 Å². The minimum Gasteiger partial charge on any atom is -0.353 e. The van der Waals surface area contributed by atoms with Crippen molar-refractivity contribution in [2.75, 3.05) is 6.61 Å². The Labute approximate surface area is 48.0 Å². The first-order valence-electron chi connectivity index (χ1n) is 2.11. The summed E-state index contributed by atoms with van der Waals surface area (Å²) in [6, 6.07) is 0. The van der Waals surface area contributed by atoms with Crippen LogP contribution in [0.3, 0.4) is 0 Å². The fourth-order valence-electron chi connectivity index (χ4n) is 0.263. The Hall–Kier alpha value is 0.210. The molecule has 44 valence electrons. The lowest BCUT2D eigenvalue weighted by atomic mass is 10.7. The second-order valence-electron chi connectivity index (χ2n) is 1.30. The third kappa shape index (κ3) is 6.21. The van der Waals surface area contributed by atoms with Gasteiger partial charge in [0.2, 0.25) is 5.25 Å². The number of alkyl halides is 1. The van der Waals surface area contributed by atoms with E-state index >= 15 is 0 Å². The van der Waals surface area contributed by atoms with Gasteiger partial charge in [-0.2, -0.15) is 0 Å². The number of aliphatic hydroxyl groups is 1. The highest BCUT2D eigenvalue weighted by Gasteiger charge is 2.12. The van der Waals surface area contributed by atoms with Crippen molar-refractivity contribution in [3.63, 3.8) is 0 Å². The first-order chi connectivity index (χ1) is 3.06. The zero-order chi connectivity index (χ0) is 5.91. The Kier molecular flexibility index (Phi) is 2.58. The second-order valence-corrected chi connectivity index (χ2v) is 2.00. The van der Waals surface area contributed by atoms with Crippen molar-refractivity contribution in [1.82, 2.24) is 0 Å². The van der Waals surface area contributed by atoms with Gasteiger partial charge in [0.1, 0.15) is 0 Å².